The maximum Gasteiger partial charge on any atom is 0.273 e. The van der Waals surface area contributed by atoms with Crippen LogP contribution in [0.3, 0.4) is 0 Å². The molecule has 2 aromatic carbocycles. The topological polar surface area (TPSA) is 69.2 Å². The molecule has 0 fully saturated rings. The molecule has 0 radical (unpaired) electrons. The molecule has 19 heavy (non-hydrogen) atoms. The first kappa shape index (κ1) is 13.6. The first-order chi connectivity index (χ1) is 9.20. The van der Waals surface area contributed by atoms with Crippen molar-refractivity contribution in [1.29, 1.82) is 0 Å². The second kappa shape index (κ2) is 6.36. The number of rotatable bonds is 5. The lowest BCUT2D eigenvalue weighted by Gasteiger charge is -2.04. The van der Waals surface area contributed by atoms with Crippen LogP contribution in [0.25, 0.3) is 0 Å². The summed E-state index contributed by atoms with van der Waals surface area (Å²) in [4.78, 5) is 11.6. The van der Waals surface area contributed by atoms with Crippen molar-refractivity contribution in [3.05, 3.63) is 69.8 Å². The van der Waals surface area contributed by atoms with Crippen molar-refractivity contribution in [2.75, 3.05) is 0 Å². The average molecular weight is 274 g/mol. The van der Waals surface area contributed by atoms with Crippen LogP contribution in [0.2, 0.25) is 0 Å². The van der Waals surface area contributed by atoms with Gasteiger partial charge < -0.3 is 5.73 Å². The number of nitrogens with two attached hydrogens (primary N) is 1. The van der Waals surface area contributed by atoms with Gasteiger partial charge in [-0.2, -0.15) is 0 Å². The molecule has 0 heterocycles. The maximum absolute atomic E-state index is 10.9. The van der Waals surface area contributed by atoms with Crippen LogP contribution in [0.5, 0.6) is 0 Å². The molecule has 0 saturated heterocycles. The van der Waals surface area contributed by atoms with Crippen LogP contribution in [-0.2, 0) is 12.3 Å². The fraction of sp³-hybridized carbons (Fsp3) is 0.143. The quantitative estimate of drug-likeness (QED) is 0.515. The molecule has 0 unspecified atom stereocenters. The minimum absolute atomic E-state index is 0.175. The van der Waals surface area contributed by atoms with Crippen LogP contribution in [-0.4, -0.2) is 4.92 Å². The number of hydrogen-bond acceptors (Lipinski definition) is 4. The molecule has 0 amide bonds. The van der Waals surface area contributed by atoms with E-state index in [1.54, 1.807) is 23.9 Å². The Hall–Kier alpha value is -1.85. The van der Waals surface area contributed by atoms with Gasteiger partial charge in [0.25, 0.3) is 5.69 Å². The normalized spacial score (nSPS) is 10.4. The van der Waals surface area contributed by atoms with E-state index in [-0.39, 0.29) is 10.6 Å². The molecular formula is C14H14N2O2S. The largest absolute Gasteiger partial charge is 0.326 e. The van der Waals surface area contributed by atoms with Crippen molar-refractivity contribution in [2.45, 2.75) is 17.2 Å². The number of nitro groups is 1. The summed E-state index contributed by atoms with van der Waals surface area (Å²) in [6, 6.07) is 14.8. The SMILES string of the molecule is NCc1ccc(SCc2ccccc2[N+](=O)[O-])cc1. The van der Waals surface area contributed by atoms with Gasteiger partial charge in [-0.25, -0.2) is 0 Å². The Kier molecular flexibility index (Phi) is 4.54. The Morgan fingerprint density at radius 2 is 1.79 bits per heavy atom. The van der Waals surface area contributed by atoms with E-state index in [2.05, 4.69) is 0 Å². The van der Waals surface area contributed by atoms with E-state index in [9.17, 15) is 10.1 Å². The number of thioether (sulfide) groups is 1. The summed E-state index contributed by atoms with van der Waals surface area (Å²) in [7, 11) is 0. The molecular weight excluding hydrogens is 260 g/mol. The summed E-state index contributed by atoms with van der Waals surface area (Å²) in [5.41, 5.74) is 7.53. The standard InChI is InChI=1S/C14H14N2O2S/c15-9-11-5-7-13(8-6-11)19-10-12-3-1-2-4-14(12)16(17)18/h1-8H,9-10,15H2. The van der Waals surface area contributed by atoms with Gasteiger partial charge in [0.1, 0.15) is 0 Å². The highest BCUT2D eigenvalue weighted by Gasteiger charge is 2.12. The van der Waals surface area contributed by atoms with Gasteiger partial charge in [-0.3, -0.25) is 10.1 Å². The summed E-state index contributed by atoms with van der Waals surface area (Å²) in [5.74, 6) is 0.582. The van der Waals surface area contributed by atoms with Gasteiger partial charge in [-0.05, 0) is 17.7 Å². The predicted octanol–water partition coefficient (Wildman–Crippen LogP) is 3.35. The van der Waals surface area contributed by atoms with Gasteiger partial charge in [0.05, 0.1) is 4.92 Å². The highest BCUT2D eigenvalue weighted by molar-refractivity contribution is 7.98. The fourth-order valence-corrected chi connectivity index (χ4v) is 2.59. The molecule has 0 saturated carbocycles. The van der Waals surface area contributed by atoms with Gasteiger partial charge in [-0.1, -0.05) is 30.3 Å². The van der Waals surface area contributed by atoms with Crippen LogP contribution in [0.15, 0.2) is 53.4 Å². The lowest BCUT2D eigenvalue weighted by Crippen LogP contribution is -1.95. The van der Waals surface area contributed by atoms with E-state index in [0.717, 1.165) is 16.0 Å². The lowest BCUT2D eigenvalue weighted by atomic mass is 10.2. The van der Waals surface area contributed by atoms with Crippen LogP contribution >= 0.6 is 11.8 Å². The predicted molar refractivity (Wildman–Crippen MR) is 77.0 cm³/mol. The van der Waals surface area contributed by atoms with Crippen molar-refractivity contribution < 1.29 is 4.92 Å². The van der Waals surface area contributed by atoms with Crippen molar-refractivity contribution in [3.63, 3.8) is 0 Å². The van der Waals surface area contributed by atoms with Crippen LogP contribution < -0.4 is 5.73 Å². The lowest BCUT2D eigenvalue weighted by molar-refractivity contribution is -0.385. The molecule has 5 heteroatoms. The number of benzene rings is 2. The number of para-hydroxylation sites is 1. The third-order valence-corrected chi connectivity index (χ3v) is 3.80. The minimum atomic E-state index is -0.340. The first-order valence-electron chi connectivity index (χ1n) is 5.85. The zero-order valence-electron chi connectivity index (χ0n) is 10.3. The summed E-state index contributed by atoms with van der Waals surface area (Å²) in [5, 5.41) is 10.9. The third-order valence-electron chi connectivity index (χ3n) is 2.74. The van der Waals surface area contributed by atoms with Crippen molar-refractivity contribution >= 4 is 17.4 Å². The molecule has 0 atom stereocenters. The summed E-state index contributed by atoms with van der Waals surface area (Å²) in [6.45, 7) is 0.523. The summed E-state index contributed by atoms with van der Waals surface area (Å²) < 4.78 is 0. The zero-order chi connectivity index (χ0) is 13.7. The Morgan fingerprint density at radius 1 is 1.11 bits per heavy atom. The highest BCUT2D eigenvalue weighted by Crippen LogP contribution is 2.27. The summed E-state index contributed by atoms with van der Waals surface area (Å²) in [6.07, 6.45) is 0. The second-order valence-electron chi connectivity index (χ2n) is 4.02. The third kappa shape index (κ3) is 3.56. The van der Waals surface area contributed by atoms with E-state index in [1.807, 2.05) is 30.3 Å². The van der Waals surface area contributed by atoms with Gasteiger partial charge >= 0.3 is 0 Å². The molecule has 0 aromatic heterocycles. The van der Waals surface area contributed by atoms with Crippen molar-refractivity contribution in [3.8, 4) is 0 Å². The summed E-state index contributed by atoms with van der Waals surface area (Å²) >= 11 is 1.58. The Morgan fingerprint density at radius 3 is 2.42 bits per heavy atom. The Labute approximate surface area is 115 Å². The monoisotopic (exact) mass is 274 g/mol. The van der Waals surface area contributed by atoms with E-state index in [1.165, 1.54) is 6.07 Å². The molecule has 0 spiro atoms. The smallest absolute Gasteiger partial charge is 0.273 e. The molecule has 98 valence electrons. The second-order valence-corrected chi connectivity index (χ2v) is 5.07. The fourth-order valence-electron chi connectivity index (χ4n) is 1.69. The van der Waals surface area contributed by atoms with Crippen LogP contribution in [0.4, 0.5) is 5.69 Å². The van der Waals surface area contributed by atoms with E-state index in [0.29, 0.717) is 12.3 Å². The maximum atomic E-state index is 10.9. The molecule has 0 aliphatic carbocycles. The highest BCUT2D eigenvalue weighted by atomic mass is 32.2. The van der Waals surface area contributed by atoms with E-state index >= 15 is 0 Å². The van der Waals surface area contributed by atoms with E-state index < -0.39 is 0 Å². The Balaban J connectivity index is 2.07. The van der Waals surface area contributed by atoms with Crippen LogP contribution in [0.1, 0.15) is 11.1 Å². The zero-order valence-corrected chi connectivity index (χ0v) is 11.1. The molecule has 0 bridgehead atoms. The number of nitrogens with zero attached hydrogens (tertiary/aromatic N) is 1. The van der Waals surface area contributed by atoms with Gasteiger partial charge in [0, 0.05) is 28.8 Å². The Bertz CT molecular complexity index is 570. The molecule has 0 aliphatic heterocycles. The number of hydrogen-bond donors (Lipinski definition) is 1. The number of nitro benzene ring substituents is 1. The molecule has 2 aromatic rings. The minimum Gasteiger partial charge on any atom is -0.326 e. The molecule has 0 aliphatic rings. The molecule has 2 rings (SSSR count). The van der Waals surface area contributed by atoms with E-state index in [4.69, 9.17) is 5.73 Å². The molecule has 2 N–H and O–H groups in total. The van der Waals surface area contributed by atoms with Crippen molar-refractivity contribution in [2.24, 2.45) is 5.73 Å². The van der Waals surface area contributed by atoms with Crippen LogP contribution in [0, 0.1) is 10.1 Å². The molecule has 4 nitrogen and oxygen atoms in total. The van der Waals surface area contributed by atoms with Gasteiger partial charge in [-0.15, -0.1) is 11.8 Å². The van der Waals surface area contributed by atoms with Gasteiger partial charge in [0.15, 0.2) is 0 Å². The average Bonchev–Trinajstić information content (AvgIpc) is 2.46. The first-order valence-corrected chi connectivity index (χ1v) is 6.83. The van der Waals surface area contributed by atoms with Gasteiger partial charge in [0.2, 0.25) is 0 Å². The van der Waals surface area contributed by atoms with Crippen molar-refractivity contribution in [1.82, 2.24) is 0 Å².